The summed E-state index contributed by atoms with van der Waals surface area (Å²) >= 11 is 3.59. The van der Waals surface area contributed by atoms with Gasteiger partial charge in [0, 0.05) is 17.9 Å². The lowest BCUT2D eigenvalue weighted by Gasteiger charge is -2.29. The fourth-order valence-corrected chi connectivity index (χ4v) is 2.25. The van der Waals surface area contributed by atoms with Crippen LogP contribution in [0.2, 0.25) is 0 Å². The van der Waals surface area contributed by atoms with Crippen LogP contribution in [0.4, 0.5) is 0 Å². The van der Waals surface area contributed by atoms with Crippen molar-refractivity contribution in [1.29, 1.82) is 0 Å². The Bertz CT molecular complexity index is 125. The molecular formula is C11H24BrN. The van der Waals surface area contributed by atoms with E-state index in [0.717, 1.165) is 17.2 Å². The predicted octanol–water partition coefficient (Wildman–Crippen LogP) is 3.38. The first kappa shape index (κ1) is 13.4. The van der Waals surface area contributed by atoms with Gasteiger partial charge in [-0.25, -0.2) is 0 Å². The third-order valence-corrected chi connectivity index (χ3v) is 3.84. The van der Waals surface area contributed by atoms with Crippen molar-refractivity contribution in [2.75, 3.05) is 18.9 Å². The summed E-state index contributed by atoms with van der Waals surface area (Å²) in [6.45, 7) is 10.4. The molecule has 0 bridgehead atoms. The van der Waals surface area contributed by atoms with E-state index in [1.165, 1.54) is 13.0 Å². The summed E-state index contributed by atoms with van der Waals surface area (Å²) in [5, 5.41) is 1.12. The first-order chi connectivity index (χ1) is 6.02. The van der Waals surface area contributed by atoms with Crippen LogP contribution in [0.3, 0.4) is 0 Å². The van der Waals surface area contributed by atoms with E-state index in [0.29, 0.717) is 6.04 Å². The Morgan fingerprint density at radius 2 is 1.77 bits per heavy atom. The Balaban J connectivity index is 3.93. The molecule has 0 aromatic heterocycles. The zero-order chi connectivity index (χ0) is 10.4. The van der Waals surface area contributed by atoms with Crippen molar-refractivity contribution in [3.63, 3.8) is 0 Å². The lowest BCUT2D eigenvalue weighted by atomic mass is 9.97. The number of nitrogens with zero attached hydrogens (tertiary/aromatic N) is 1. The smallest absolute Gasteiger partial charge is 0.00743 e. The number of rotatable bonds is 6. The van der Waals surface area contributed by atoms with E-state index in [4.69, 9.17) is 0 Å². The van der Waals surface area contributed by atoms with Gasteiger partial charge in [0.25, 0.3) is 0 Å². The van der Waals surface area contributed by atoms with Gasteiger partial charge in [0.15, 0.2) is 0 Å². The molecule has 2 atom stereocenters. The molecule has 2 unspecified atom stereocenters. The fraction of sp³-hybridized carbons (Fsp3) is 1.00. The van der Waals surface area contributed by atoms with Crippen molar-refractivity contribution in [2.24, 2.45) is 11.8 Å². The molecule has 0 spiro atoms. The van der Waals surface area contributed by atoms with Crippen LogP contribution in [-0.2, 0) is 0 Å². The molecule has 0 aliphatic heterocycles. The standard InChI is InChI=1S/C11H24BrN/c1-6-10(4)13(5)8-11(7-12)9(2)3/h9-11H,6-8H2,1-5H3. The second-order valence-corrected chi connectivity index (χ2v) is 5.00. The molecule has 0 N–H and O–H groups in total. The molecule has 0 radical (unpaired) electrons. The SMILES string of the molecule is CCC(C)N(C)CC(CBr)C(C)C. The third-order valence-electron chi connectivity index (χ3n) is 3.01. The van der Waals surface area contributed by atoms with Crippen LogP contribution in [0.5, 0.6) is 0 Å². The Morgan fingerprint density at radius 1 is 1.23 bits per heavy atom. The quantitative estimate of drug-likeness (QED) is 0.653. The van der Waals surface area contributed by atoms with E-state index in [2.05, 4.69) is 55.6 Å². The van der Waals surface area contributed by atoms with Crippen LogP contribution in [0.25, 0.3) is 0 Å². The summed E-state index contributed by atoms with van der Waals surface area (Å²) in [6.07, 6.45) is 1.24. The van der Waals surface area contributed by atoms with Gasteiger partial charge >= 0.3 is 0 Å². The van der Waals surface area contributed by atoms with E-state index in [9.17, 15) is 0 Å². The van der Waals surface area contributed by atoms with Gasteiger partial charge in [-0.2, -0.15) is 0 Å². The molecule has 80 valence electrons. The number of halogens is 1. The van der Waals surface area contributed by atoms with Gasteiger partial charge in [-0.1, -0.05) is 36.7 Å². The van der Waals surface area contributed by atoms with Crippen molar-refractivity contribution < 1.29 is 0 Å². The lowest BCUT2D eigenvalue weighted by molar-refractivity contribution is 0.200. The van der Waals surface area contributed by atoms with Gasteiger partial charge in [0.1, 0.15) is 0 Å². The van der Waals surface area contributed by atoms with Gasteiger partial charge in [-0.05, 0) is 32.2 Å². The van der Waals surface area contributed by atoms with Crippen LogP contribution >= 0.6 is 15.9 Å². The van der Waals surface area contributed by atoms with Gasteiger partial charge < -0.3 is 4.90 Å². The molecule has 0 amide bonds. The molecular weight excluding hydrogens is 226 g/mol. The van der Waals surface area contributed by atoms with Gasteiger partial charge in [-0.15, -0.1) is 0 Å². The Labute approximate surface area is 92.0 Å². The van der Waals surface area contributed by atoms with Crippen LogP contribution in [-0.4, -0.2) is 29.9 Å². The minimum atomic E-state index is 0.709. The predicted molar refractivity (Wildman–Crippen MR) is 64.5 cm³/mol. The molecule has 0 aliphatic carbocycles. The number of hydrogen-bond acceptors (Lipinski definition) is 1. The highest BCUT2D eigenvalue weighted by molar-refractivity contribution is 9.09. The summed E-state index contributed by atoms with van der Waals surface area (Å²) in [7, 11) is 2.23. The average Bonchev–Trinajstić information content (AvgIpc) is 2.11. The zero-order valence-corrected chi connectivity index (χ0v) is 11.3. The van der Waals surface area contributed by atoms with Gasteiger partial charge in [0.05, 0.1) is 0 Å². The van der Waals surface area contributed by atoms with Gasteiger partial charge in [0.2, 0.25) is 0 Å². The molecule has 0 saturated carbocycles. The highest BCUT2D eigenvalue weighted by atomic mass is 79.9. The van der Waals surface area contributed by atoms with E-state index in [1.54, 1.807) is 0 Å². The summed E-state index contributed by atoms with van der Waals surface area (Å²) in [4.78, 5) is 2.46. The summed E-state index contributed by atoms with van der Waals surface area (Å²) in [6, 6.07) is 0.709. The fourth-order valence-electron chi connectivity index (χ4n) is 1.30. The Kier molecular flexibility index (Phi) is 7.06. The van der Waals surface area contributed by atoms with Crippen molar-refractivity contribution in [3.05, 3.63) is 0 Å². The lowest BCUT2D eigenvalue weighted by Crippen LogP contribution is -2.35. The first-order valence-electron chi connectivity index (χ1n) is 5.29. The summed E-state index contributed by atoms with van der Waals surface area (Å²) < 4.78 is 0. The highest BCUT2D eigenvalue weighted by Crippen LogP contribution is 2.16. The molecule has 0 rings (SSSR count). The van der Waals surface area contributed by atoms with E-state index >= 15 is 0 Å². The van der Waals surface area contributed by atoms with Crippen molar-refractivity contribution in [3.8, 4) is 0 Å². The van der Waals surface area contributed by atoms with Crippen LogP contribution < -0.4 is 0 Å². The van der Waals surface area contributed by atoms with Crippen molar-refractivity contribution in [2.45, 2.75) is 40.2 Å². The molecule has 0 aromatic carbocycles. The normalized spacial score (nSPS) is 16.6. The summed E-state index contributed by atoms with van der Waals surface area (Å²) in [5.74, 6) is 1.55. The molecule has 0 aliphatic rings. The number of alkyl halides is 1. The molecule has 0 heterocycles. The highest BCUT2D eigenvalue weighted by Gasteiger charge is 2.16. The Hall–Kier alpha value is 0.440. The van der Waals surface area contributed by atoms with Crippen LogP contribution in [0.15, 0.2) is 0 Å². The molecule has 1 nitrogen and oxygen atoms in total. The third kappa shape index (κ3) is 5.02. The average molecular weight is 250 g/mol. The second kappa shape index (κ2) is 6.83. The van der Waals surface area contributed by atoms with Gasteiger partial charge in [-0.3, -0.25) is 0 Å². The minimum absolute atomic E-state index is 0.709. The Morgan fingerprint density at radius 3 is 2.08 bits per heavy atom. The maximum Gasteiger partial charge on any atom is 0.00743 e. The number of hydrogen-bond donors (Lipinski definition) is 0. The topological polar surface area (TPSA) is 3.24 Å². The monoisotopic (exact) mass is 249 g/mol. The molecule has 2 heteroatoms. The molecule has 0 aromatic rings. The molecule has 0 fully saturated rings. The molecule has 13 heavy (non-hydrogen) atoms. The first-order valence-corrected chi connectivity index (χ1v) is 6.41. The zero-order valence-electron chi connectivity index (χ0n) is 9.68. The van der Waals surface area contributed by atoms with E-state index in [1.807, 2.05) is 0 Å². The molecule has 0 saturated heterocycles. The van der Waals surface area contributed by atoms with Crippen molar-refractivity contribution >= 4 is 15.9 Å². The minimum Gasteiger partial charge on any atom is -0.303 e. The maximum absolute atomic E-state index is 3.59. The summed E-state index contributed by atoms with van der Waals surface area (Å²) in [5.41, 5.74) is 0. The van der Waals surface area contributed by atoms with Crippen LogP contribution in [0, 0.1) is 11.8 Å². The second-order valence-electron chi connectivity index (χ2n) is 4.36. The van der Waals surface area contributed by atoms with E-state index in [-0.39, 0.29) is 0 Å². The van der Waals surface area contributed by atoms with E-state index < -0.39 is 0 Å². The van der Waals surface area contributed by atoms with Crippen molar-refractivity contribution in [1.82, 2.24) is 4.90 Å². The maximum atomic E-state index is 3.59. The van der Waals surface area contributed by atoms with Crippen LogP contribution in [0.1, 0.15) is 34.1 Å². The largest absolute Gasteiger partial charge is 0.303 e.